The summed E-state index contributed by atoms with van der Waals surface area (Å²) in [6, 6.07) is 33.8. The molecule has 31 heavy (non-hydrogen) atoms. The quantitative estimate of drug-likeness (QED) is 0.426. The third-order valence-electron chi connectivity index (χ3n) is 6.80. The summed E-state index contributed by atoms with van der Waals surface area (Å²) in [6.45, 7) is 0. The van der Waals surface area contributed by atoms with Crippen LogP contribution in [0.1, 0.15) is 40.5 Å². The molecule has 1 aliphatic heterocycles. The maximum Gasteiger partial charge on any atom is 0.232 e. The van der Waals surface area contributed by atoms with E-state index in [1.165, 1.54) is 33.0 Å². The Kier molecular flexibility index (Phi) is 4.24. The predicted octanol–water partition coefficient (Wildman–Crippen LogP) is 6.19. The molecule has 6 rings (SSSR count). The lowest BCUT2D eigenvalue weighted by Crippen LogP contribution is -2.39. The molecule has 150 valence electrons. The Hall–Kier alpha value is -3.65. The molecule has 2 atom stereocenters. The van der Waals surface area contributed by atoms with E-state index < -0.39 is 0 Å². The molecule has 0 spiro atoms. The molecule has 2 heteroatoms. The van der Waals surface area contributed by atoms with Crippen LogP contribution in [-0.2, 0) is 11.2 Å². The van der Waals surface area contributed by atoms with Crippen LogP contribution < -0.4 is 5.32 Å². The minimum atomic E-state index is -0.230. The average Bonchev–Trinajstić information content (AvgIpc) is 2.83. The normalized spacial score (nSPS) is 20.2. The highest BCUT2D eigenvalue weighted by molar-refractivity contribution is 5.98. The van der Waals surface area contributed by atoms with Crippen molar-refractivity contribution in [2.75, 3.05) is 0 Å². The van der Waals surface area contributed by atoms with E-state index in [1.54, 1.807) is 0 Å². The lowest BCUT2D eigenvalue weighted by atomic mass is 9.69. The number of allylic oxidation sites excluding steroid dienone is 1. The summed E-state index contributed by atoms with van der Waals surface area (Å²) in [5, 5.41) is 5.75. The molecule has 0 saturated carbocycles. The van der Waals surface area contributed by atoms with Crippen LogP contribution in [0.15, 0.2) is 103 Å². The first-order valence-corrected chi connectivity index (χ1v) is 11.0. The molecule has 0 radical (unpaired) electrons. The fourth-order valence-electron chi connectivity index (χ4n) is 5.36. The van der Waals surface area contributed by atoms with Gasteiger partial charge in [0.1, 0.15) is 0 Å². The SMILES string of the molecule is O=C1NC2=C(CCc3ccccc32)C(c2ccc3ccccc3c2)C1c1ccccc1. The fourth-order valence-corrected chi connectivity index (χ4v) is 5.36. The highest BCUT2D eigenvalue weighted by Gasteiger charge is 2.41. The van der Waals surface area contributed by atoms with Crippen molar-refractivity contribution in [1.29, 1.82) is 0 Å². The van der Waals surface area contributed by atoms with E-state index in [4.69, 9.17) is 0 Å². The second-order valence-corrected chi connectivity index (χ2v) is 8.52. The van der Waals surface area contributed by atoms with Gasteiger partial charge < -0.3 is 5.32 Å². The number of fused-ring (bicyclic) bond motifs is 3. The number of hydrogen-bond donors (Lipinski definition) is 1. The van der Waals surface area contributed by atoms with Gasteiger partial charge in [-0.25, -0.2) is 0 Å². The molecule has 0 fully saturated rings. The van der Waals surface area contributed by atoms with Crippen LogP contribution in [0.5, 0.6) is 0 Å². The van der Waals surface area contributed by atoms with Crippen molar-refractivity contribution in [3.8, 4) is 0 Å². The number of aryl methyl sites for hydroxylation is 1. The smallest absolute Gasteiger partial charge is 0.232 e. The summed E-state index contributed by atoms with van der Waals surface area (Å²) in [6.07, 6.45) is 1.98. The molecule has 0 bridgehead atoms. The van der Waals surface area contributed by atoms with Crippen molar-refractivity contribution in [2.24, 2.45) is 0 Å². The Labute approximate surface area is 182 Å². The van der Waals surface area contributed by atoms with Gasteiger partial charge in [-0.05, 0) is 45.9 Å². The number of carbonyl (C=O) groups is 1. The molecule has 4 aromatic rings. The van der Waals surface area contributed by atoms with Crippen molar-refractivity contribution in [3.63, 3.8) is 0 Å². The maximum atomic E-state index is 13.6. The molecule has 0 aromatic heterocycles. The summed E-state index contributed by atoms with van der Waals surface area (Å²) >= 11 is 0. The predicted molar refractivity (Wildman–Crippen MR) is 126 cm³/mol. The van der Waals surface area contributed by atoms with Crippen LogP contribution >= 0.6 is 0 Å². The second kappa shape index (κ2) is 7.24. The van der Waals surface area contributed by atoms with E-state index in [0.29, 0.717) is 0 Å². The average molecular weight is 402 g/mol. The minimum Gasteiger partial charge on any atom is -0.325 e. The number of carbonyl (C=O) groups excluding carboxylic acids is 1. The highest BCUT2D eigenvalue weighted by Crippen LogP contribution is 2.48. The molecule has 2 aliphatic rings. The number of amides is 1. The maximum absolute atomic E-state index is 13.6. The first-order valence-electron chi connectivity index (χ1n) is 11.0. The third kappa shape index (κ3) is 2.98. The Balaban J connectivity index is 1.59. The van der Waals surface area contributed by atoms with Gasteiger partial charge in [-0.2, -0.15) is 0 Å². The van der Waals surface area contributed by atoms with Crippen LogP contribution in [0.25, 0.3) is 16.5 Å². The van der Waals surface area contributed by atoms with E-state index in [1.807, 2.05) is 18.2 Å². The van der Waals surface area contributed by atoms with Gasteiger partial charge in [0, 0.05) is 17.2 Å². The number of nitrogens with one attached hydrogen (secondary N) is 1. The van der Waals surface area contributed by atoms with Crippen molar-refractivity contribution in [2.45, 2.75) is 24.7 Å². The van der Waals surface area contributed by atoms with Gasteiger partial charge in [0.15, 0.2) is 0 Å². The summed E-state index contributed by atoms with van der Waals surface area (Å²) in [7, 11) is 0. The first-order chi connectivity index (χ1) is 15.3. The Morgan fingerprint density at radius 2 is 1.39 bits per heavy atom. The summed E-state index contributed by atoms with van der Waals surface area (Å²) < 4.78 is 0. The summed E-state index contributed by atoms with van der Waals surface area (Å²) in [5.41, 5.74) is 7.16. The number of rotatable bonds is 2. The first kappa shape index (κ1) is 18.1. The molecule has 0 saturated heterocycles. The van der Waals surface area contributed by atoms with Crippen LogP contribution in [0.3, 0.4) is 0 Å². The lowest BCUT2D eigenvalue weighted by Gasteiger charge is -2.38. The molecule has 1 N–H and O–H groups in total. The van der Waals surface area contributed by atoms with Gasteiger partial charge >= 0.3 is 0 Å². The van der Waals surface area contributed by atoms with Gasteiger partial charge in [0.25, 0.3) is 0 Å². The molecule has 1 heterocycles. The molecular weight excluding hydrogens is 378 g/mol. The molecular formula is C29H23NO. The Morgan fingerprint density at radius 1 is 0.645 bits per heavy atom. The molecule has 2 unspecified atom stereocenters. The third-order valence-corrected chi connectivity index (χ3v) is 6.80. The fraction of sp³-hybridized carbons (Fsp3) is 0.138. The van der Waals surface area contributed by atoms with E-state index in [0.717, 1.165) is 24.1 Å². The largest absolute Gasteiger partial charge is 0.325 e. The van der Waals surface area contributed by atoms with Crippen LogP contribution in [0.2, 0.25) is 0 Å². The van der Waals surface area contributed by atoms with E-state index in [9.17, 15) is 4.79 Å². The molecule has 1 aliphatic carbocycles. The van der Waals surface area contributed by atoms with Crippen molar-refractivity contribution >= 4 is 22.4 Å². The zero-order valence-corrected chi connectivity index (χ0v) is 17.2. The molecule has 2 nitrogen and oxygen atoms in total. The zero-order valence-electron chi connectivity index (χ0n) is 17.2. The zero-order chi connectivity index (χ0) is 20.8. The van der Waals surface area contributed by atoms with Crippen molar-refractivity contribution < 1.29 is 4.79 Å². The van der Waals surface area contributed by atoms with Crippen LogP contribution in [-0.4, -0.2) is 5.91 Å². The van der Waals surface area contributed by atoms with Crippen molar-refractivity contribution in [1.82, 2.24) is 5.32 Å². The summed E-state index contributed by atoms with van der Waals surface area (Å²) in [5.74, 6) is -0.115. The van der Waals surface area contributed by atoms with Crippen LogP contribution in [0, 0.1) is 0 Å². The number of benzene rings is 4. The van der Waals surface area contributed by atoms with E-state index in [2.05, 4.69) is 84.2 Å². The standard InChI is InChI=1S/C29H23NO/c31-29-27(21-10-2-1-3-11-21)26(23-15-14-19-8-4-5-12-22(19)18-23)25-17-16-20-9-6-7-13-24(20)28(25)30-29/h1-15,18,26-27H,16-17H2,(H,30,31). The van der Waals surface area contributed by atoms with Gasteiger partial charge in [0.2, 0.25) is 5.91 Å². The van der Waals surface area contributed by atoms with Gasteiger partial charge in [-0.1, -0.05) is 97.1 Å². The topological polar surface area (TPSA) is 29.1 Å². The van der Waals surface area contributed by atoms with Gasteiger partial charge in [-0.3, -0.25) is 4.79 Å². The van der Waals surface area contributed by atoms with E-state index in [-0.39, 0.29) is 17.7 Å². The van der Waals surface area contributed by atoms with Gasteiger partial charge in [0.05, 0.1) is 5.92 Å². The van der Waals surface area contributed by atoms with Gasteiger partial charge in [-0.15, -0.1) is 0 Å². The summed E-state index contributed by atoms with van der Waals surface area (Å²) in [4.78, 5) is 13.6. The Morgan fingerprint density at radius 3 is 2.26 bits per heavy atom. The number of hydrogen-bond acceptors (Lipinski definition) is 1. The molecule has 1 amide bonds. The Bertz CT molecular complexity index is 1340. The van der Waals surface area contributed by atoms with E-state index >= 15 is 0 Å². The van der Waals surface area contributed by atoms with Crippen molar-refractivity contribution in [3.05, 3.63) is 125 Å². The monoisotopic (exact) mass is 401 g/mol. The highest BCUT2D eigenvalue weighted by atomic mass is 16.2. The lowest BCUT2D eigenvalue weighted by molar-refractivity contribution is -0.122. The second-order valence-electron chi connectivity index (χ2n) is 8.52. The van der Waals surface area contributed by atoms with Crippen LogP contribution in [0.4, 0.5) is 0 Å². The minimum absolute atomic E-state index is 0.0316. The molecule has 4 aromatic carbocycles.